The zero-order valence-electron chi connectivity index (χ0n) is 11.5. The molecule has 4 heteroatoms. The molecule has 2 rings (SSSR count). The number of hydrogen-bond donors (Lipinski definition) is 1. The van der Waals surface area contributed by atoms with E-state index in [2.05, 4.69) is 36.5 Å². The maximum atomic E-state index is 11.9. The summed E-state index contributed by atoms with van der Waals surface area (Å²) in [5.41, 5.74) is 2.56. The molecule has 0 radical (unpaired) electrons. The van der Waals surface area contributed by atoms with Crippen molar-refractivity contribution in [2.24, 2.45) is 0 Å². The molecule has 104 valence electrons. The molecule has 1 saturated heterocycles. The minimum Gasteiger partial charge on any atom is -0.378 e. The van der Waals surface area contributed by atoms with Crippen molar-refractivity contribution in [3.05, 3.63) is 35.4 Å². The van der Waals surface area contributed by atoms with E-state index in [0.29, 0.717) is 32.8 Å². The summed E-state index contributed by atoms with van der Waals surface area (Å²) < 4.78 is 5.23. The first kappa shape index (κ1) is 14.0. The smallest absolute Gasteiger partial charge is 0.236 e. The Balaban J connectivity index is 1.71. The third kappa shape index (κ3) is 4.33. The predicted octanol–water partition coefficient (Wildman–Crippen LogP) is 1.20. The molecule has 0 bridgehead atoms. The van der Waals surface area contributed by atoms with Crippen LogP contribution >= 0.6 is 0 Å². The minimum absolute atomic E-state index is 0.161. The molecule has 0 atom stereocenters. The number of amides is 1. The lowest BCUT2D eigenvalue weighted by Crippen LogP contribution is -2.44. The number of rotatable bonds is 5. The lowest BCUT2D eigenvalue weighted by atomic mass is 10.1. The standard InChI is InChI=1S/C15H22N2O2/c1-2-13-3-5-14(6-4-13)11-16-12-15(18)17-7-9-19-10-8-17/h3-6,16H,2,7-12H2,1H3. The van der Waals surface area contributed by atoms with Gasteiger partial charge < -0.3 is 15.0 Å². The Morgan fingerprint density at radius 3 is 2.47 bits per heavy atom. The van der Waals surface area contributed by atoms with Crippen molar-refractivity contribution in [2.45, 2.75) is 19.9 Å². The van der Waals surface area contributed by atoms with Crippen LogP contribution in [-0.4, -0.2) is 43.7 Å². The molecule has 19 heavy (non-hydrogen) atoms. The van der Waals surface area contributed by atoms with Crippen molar-refractivity contribution in [3.8, 4) is 0 Å². The molecule has 1 N–H and O–H groups in total. The number of benzene rings is 1. The average molecular weight is 262 g/mol. The summed E-state index contributed by atoms with van der Waals surface area (Å²) in [6.45, 7) is 6.02. The molecule has 0 aliphatic carbocycles. The third-order valence-electron chi connectivity index (χ3n) is 3.40. The van der Waals surface area contributed by atoms with Crippen LogP contribution in [0.25, 0.3) is 0 Å². The fourth-order valence-corrected chi connectivity index (χ4v) is 2.13. The highest BCUT2D eigenvalue weighted by Gasteiger charge is 2.15. The predicted molar refractivity (Wildman–Crippen MR) is 74.9 cm³/mol. The lowest BCUT2D eigenvalue weighted by molar-refractivity contribution is -0.134. The molecule has 1 amide bonds. The van der Waals surface area contributed by atoms with Crippen LogP contribution in [0, 0.1) is 0 Å². The van der Waals surface area contributed by atoms with Crippen LogP contribution in [0.2, 0.25) is 0 Å². The highest BCUT2D eigenvalue weighted by atomic mass is 16.5. The van der Waals surface area contributed by atoms with Crippen LogP contribution in [0.1, 0.15) is 18.1 Å². The van der Waals surface area contributed by atoms with Gasteiger partial charge in [0.05, 0.1) is 19.8 Å². The van der Waals surface area contributed by atoms with Gasteiger partial charge in [-0.05, 0) is 17.5 Å². The number of carbonyl (C=O) groups excluding carboxylic acids is 1. The fourth-order valence-electron chi connectivity index (χ4n) is 2.13. The van der Waals surface area contributed by atoms with E-state index in [1.165, 1.54) is 11.1 Å². The lowest BCUT2D eigenvalue weighted by Gasteiger charge is -2.26. The van der Waals surface area contributed by atoms with Gasteiger partial charge in [-0.3, -0.25) is 4.79 Å². The summed E-state index contributed by atoms with van der Waals surface area (Å²) in [6, 6.07) is 8.51. The Labute approximate surface area is 114 Å². The second-order valence-corrected chi connectivity index (χ2v) is 4.77. The number of ether oxygens (including phenoxy) is 1. The van der Waals surface area contributed by atoms with Crippen LogP contribution in [0.5, 0.6) is 0 Å². The van der Waals surface area contributed by atoms with E-state index >= 15 is 0 Å². The monoisotopic (exact) mass is 262 g/mol. The van der Waals surface area contributed by atoms with Crippen molar-refractivity contribution >= 4 is 5.91 Å². The first-order valence-corrected chi connectivity index (χ1v) is 6.93. The Hall–Kier alpha value is -1.39. The maximum Gasteiger partial charge on any atom is 0.236 e. The van der Waals surface area contributed by atoms with E-state index in [0.717, 1.165) is 13.0 Å². The molecular formula is C15H22N2O2. The number of carbonyl (C=O) groups is 1. The highest BCUT2D eigenvalue weighted by molar-refractivity contribution is 5.78. The summed E-state index contributed by atoms with van der Waals surface area (Å²) >= 11 is 0. The van der Waals surface area contributed by atoms with Gasteiger partial charge in [0.15, 0.2) is 0 Å². The summed E-state index contributed by atoms with van der Waals surface area (Å²) in [5, 5.41) is 3.20. The quantitative estimate of drug-likeness (QED) is 0.867. The second-order valence-electron chi connectivity index (χ2n) is 4.77. The van der Waals surface area contributed by atoms with E-state index in [-0.39, 0.29) is 5.91 Å². The Morgan fingerprint density at radius 2 is 1.84 bits per heavy atom. The zero-order valence-corrected chi connectivity index (χ0v) is 11.5. The van der Waals surface area contributed by atoms with Gasteiger partial charge in [-0.1, -0.05) is 31.2 Å². The Bertz CT molecular complexity index is 397. The van der Waals surface area contributed by atoms with Gasteiger partial charge in [-0.2, -0.15) is 0 Å². The summed E-state index contributed by atoms with van der Waals surface area (Å²) in [5.74, 6) is 0.161. The number of aryl methyl sites for hydroxylation is 1. The van der Waals surface area contributed by atoms with Gasteiger partial charge >= 0.3 is 0 Å². The van der Waals surface area contributed by atoms with Gasteiger partial charge in [0.2, 0.25) is 5.91 Å². The maximum absolute atomic E-state index is 11.9. The summed E-state index contributed by atoms with van der Waals surface area (Å²) in [4.78, 5) is 13.8. The summed E-state index contributed by atoms with van der Waals surface area (Å²) in [7, 11) is 0. The molecule has 0 saturated carbocycles. The van der Waals surface area contributed by atoms with Crippen LogP contribution in [0.3, 0.4) is 0 Å². The number of nitrogens with one attached hydrogen (secondary N) is 1. The molecule has 4 nitrogen and oxygen atoms in total. The molecule has 1 aromatic carbocycles. The van der Waals surface area contributed by atoms with Gasteiger partial charge in [-0.15, -0.1) is 0 Å². The van der Waals surface area contributed by atoms with Gasteiger partial charge in [-0.25, -0.2) is 0 Å². The minimum atomic E-state index is 0.161. The molecule has 1 aliphatic rings. The number of morpholine rings is 1. The first-order chi connectivity index (χ1) is 9.29. The van der Waals surface area contributed by atoms with Crippen LogP contribution in [-0.2, 0) is 22.5 Å². The molecule has 1 heterocycles. The molecule has 0 aromatic heterocycles. The first-order valence-electron chi connectivity index (χ1n) is 6.93. The fraction of sp³-hybridized carbons (Fsp3) is 0.533. The van der Waals surface area contributed by atoms with Crippen molar-refractivity contribution in [3.63, 3.8) is 0 Å². The van der Waals surface area contributed by atoms with E-state index < -0.39 is 0 Å². The van der Waals surface area contributed by atoms with E-state index in [1.807, 2.05) is 4.90 Å². The van der Waals surface area contributed by atoms with Crippen molar-refractivity contribution < 1.29 is 9.53 Å². The van der Waals surface area contributed by atoms with Gasteiger partial charge in [0.1, 0.15) is 0 Å². The second kappa shape index (κ2) is 7.26. The molecular weight excluding hydrogens is 240 g/mol. The van der Waals surface area contributed by atoms with E-state index in [9.17, 15) is 4.79 Å². The van der Waals surface area contributed by atoms with Crippen LogP contribution < -0.4 is 5.32 Å². The average Bonchev–Trinajstić information content (AvgIpc) is 2.49. The van der Waals surface area contributed by atoms with Gasteiger partial charge in [0, 0.05) is 19.6 Å². The van der Waals surface area contributed by atoms with E-state index in [1.54, 1.807) is 0 Å². The van der Waals surface area contributed by atoms with Crippen LogP contribution in [0.4, 0.5) is 0 Å². The van der Waals surface area contributed by atoms with Crippen molar-refractivity contribution in [1.82, 2.24) is 10.2 Å². The topological polar surface area (TPSA) is 41.6 Å². The third-order valence-corrected chi connectivity index (χ3v) is 3.40. The molecule has 0 spiro atoms. The largest absolute Gasteiger partial charge is 0.378 e. The molecule has 1 aromatic rings. The van der Waals surface area contributed by atoms with E-state index in [4.69, 9.17) is 4.74 Å². The summed E-state index contributed by atoms with van der Waals surface area (Å²) in [6.07, 6.45) is 1.06. The SMILES string of the molecule is CCc1ccc(CNCC(=O)N2CCOCC2)cc1. The Morgan fingerprint density at radius 1 is 1.21 bits per heavy atom. The number of hydrogen-bond acceptors (Lipinski definition) is 3. The zero-order chi connectivity index (χ0) is 13.5. The number of nitrogens with zero attached hydrogens (tertiary/aromatic N) is 1. The molecule has 1 aliphatic heterocycles. The van der Waals surface area contributed by atoms with Crippen molar-refractivity contribution in [2.75, 3.05) is 32.8 Å². The van der Waals surface area contributed by atoms with Gasteiger partial charge in [0.25, 0.3) is 0 Å². The highest BCUT2D eigenvalue weighted by Crippen LogP contribution is 2.04. The molecule has 0 unspecified atom stereocenters. The van der Waals surface area contributed by atoms with Crippen LogP contribution in [0.15, 0.2) is 24.3 Å². The van der Waals surface area contributed by atoms with Crippen molar-refractivity contribution in [1.29, 1.82) is 0 Å². The molecule has 1 fully saturated rings. The Kier molecular flexibility index (Phi) is 5.36. The normalized spacial score (nSPS) is 15.5.